The van der Waals surface area contributed by atoms with E-state index in [0.717, 1.165) is 10.9 Å². The van der Waals surface area contributed by atoms with Crippen molar-refractivity contribution in [1.82, 2.24) is 0 Å². The normalized spacial score (nSPS) is 10.9. The van der Waals surface area contributed by atoms with E-state index in [1.807, 2.05) is 13.8 Å². The first-order chi connectivity index (χ1) is 12.3. The van der Waals surface area contributed by atoms with Gasteiger partial charge in [0.1, 0.15) is 11.3 Å². The molecule has 132 valence electrons. The number of nitro benzene ring substituents is 1. The zero-order chi connectivity index (χ0) is 18.8. The maximum atomic E-state index is 12.2. The number of hydrogen-bond donors (Lipinski definition) is 0. The standard InChI is InChI=1S/C19H15NO6/c1-11(2)16-10-18(21)26-17-9-14(7-8-15(16)17)25-19(22)12-3-5-13(6-4-12)20(23)24/h3-11H,1-2H3. The summed E-state index contributed by atoms with van der Waals surface area (Å²) in [6.07, 6.45) is 0. The minimum atomic E-state index is -0.665. The van der Waals surface area contributed by atoms with Crippen LogP contribution in [0.5, 0.6) is 5.75 Å². The van der Waals surface area contributed by atoms with Crippen molar-refractivity contribution < 1.29 is 18.9 Å². The molecule has 0 aliphatic carbocycles. The number of esters is 1. The van der Waals surface area contributed by atoms with E-state index >= 15 is 0 Å². The minimum Gasteiger partial charge on any atom is -0.423 e. The number of hydrogen-bond acceptors (Lipinski definition) is 6. The molecule has 0 aliphatic heterocycles. The first-order valence-electron chi connectivity index (χ1n) is 7.89. The molecule has 0 fully saturated rings. The molecule has 26 heavy (non-hydrogen) atoms. The molecule has 1 aromatic heterocycles. The number of carbonyl (C=O) groups is 1. The van der Waals surface area contributed by atoms with Gasteiger partial charge in [-0.1, -0.05) is 13.8 Å². The molecule has 0 amide bonds. The van der Waals surface area contributed by atoms with Gasteiger partial charge in [-0.2, -0.15) is 0 Å². The van der Waals surface area contributed by atoms with E-state index < -0.39 is 16.5 Å². The predicted molar refractivity (Wildman–Crippen MR) is 94.6 cm³/mol. The van der Waals surface area contributed by atoms with Crippen LogP contribution in [-0.4, -0.2) is 10.9 Å². The van der Waals surface area contributed by atoms with E-state index in [-0.39, 0.29) is 22.9 Å². The van der Waals surface area contributed by atoms with Crippen LogP contribution in [0.1, 0.15) is 35.7 Å². The molecule has 1 heterocycles. The van der Waals surface area contributed by atoms with Gasteiger partial charge in [-0.15, -0.1) is 0 Å². The van der Waals surface area contributed by atoms with E-state index in [1.165, 1.54) is 36.4 Å². The lowest BCUT2D eigenvalue weighted by atomic mass is 10.00. The minimum absolute atomic E-state index is 0.116. The summed E-state index contributed by atoms with van der Waals surface area (Å²) in [6, 6.07) is 11.4. The lowest BCUT2D eigenvalue weighted by Gasteiger charge is -2.10. The highest BCUT2D eigenvalue weighted by Crippen LogP contribution is 2.27. The monoisotopic (exact) mass is 353 g/mol. The van der Waals surface area contributed by atoms with Crippen molar-refractivity contribution in [3.05, 3.63) is 80.2 Å². The van der Waals surface area contributed by atoms with Gasteiger partial charge in [0.2, 0.25) is 0 Å². The van der Waals surface area contributed by atoms with E-state index in [9.17, 15) is 19.7 Å². The number of nitro groups is 1. The molecule has 0 radical (unpaired) electrons. The van der Waals surface area contributed by atoms with Crippen LogP contribution in [-0.2, 0) is 0 Å². The lowest BCUT2D eigenvalue weighted by Crippen LogP contribution is -2.09. The van der Waals surface area contributed by atoms with Gasteiger partial charge in [0.15, 0.2) is 0 Å². The summed E-state index contributed by atoms with van der Waals surface area (Å²) in [5.74, 6) is -0.318. The molecule has 0 aliphatic rings. The summed E-state index contributed by atoms with van der Waals surface area (Å²) in [7, 11) is 0. The van der Waals surface area contributed by atoms with Gasteiger partial charge in [0.25, 0.3) is 5.69 Å². The number of carbonyl (C=O) groups excluding carboxylic acids is 1. The van der Waals surface area contributed by atoms with Crippen LogP contribution in [0.25, 0.3) is 11.0 Å². The highest BCUT2D eigenvalue weighted by atomic mass is 16.6. The number of fused-ring (bicyclic) bond motifs is 1. The van der Waals surface area contributed by atoms with Crippen molar-refractivity contribution in [3.63, 3.8) is 0 Å². The second-order valence-corrected chi connectivity index (χ2v) is 6.03. The molecular formula is C19H15NO6. The van der Waals surface area contributed by atoms with E-state index in [2.05, 4.69) is 0 Å². The second kappa shape index (κ2) is 6.79. The van der Waals surface area contributed by atoms with Crippen molar-refractivity contribution in [2.24, 2.45) is 0 Å². The van der Waals surface area contributed by atoms with Crippen LogP contribution >= 0.6 is 0 Å². The molecular weight excluding hydrogens is 338 g/mol. The third-order valence-corrected chi connectivity index (χ3v) is 3.89. The first-order valence-corrected chi connectivity index (χ1v) is 7.89. The third kappa shape index (κ3) is 3.46. The molecule has 0 atom stereocenters. The Kier molecular flexibility index (Phi) is 4.53. The Morgan fingerprint density at radius 1 is 1.12 bits per heavy atom. The molecule has 0 saturated carbocycles. The van der Waals surface area contributed by atoms with Gasteiger partial charge in [0, 0.05) is 29.7 Å². The van der Waals surface area contributed by atoms with Gasteiger partial charge in [-0.05, 0) is 35.7 Å². The van der Waals surface area contributed by atoms with Gasteiger partial charge >= 0.3 is 11.6 Å². The first kappa shape index (κ1) is 17.3. The summed E-state index contributed by atoms with van der Waals surface area (Å²) in [6.45, 7) is 3.94. The molecule has 0 spiro atoms. The van der Waals surface area contributed by atoms with Gasteiger partial charge < -0.3 is 9.15 Å². The fourth-order valence-corrected chi connectivity index (χ4v) is 2.59. The van der Waals surface area contributed by atoms with Crippen LogP contribution in [0.3, 0.4) is 0 Å². The molecule has 7 nitrogen and oxygen atoms in total. The summed E-state index contributed by atoms with van der Waals surface area (Å²) >= 11 is 0. The van der Waals surface area contributed by atoms with E-state index in [4.69, 9.17) is 9.15 Å². The fourth-order valence-electron chi connectivity index (χ4n) is 2.59. The van der Waals surface area contributed by atoms with Crippen molar-refractivity contribution in [2.75, 3.05) is 0 Å². The van der Waals surface area contributed by atoms with Crippen LogP contribution in [0.2, 0.25) is 0 Å². The molecule has 3 aromatic rings. The Balaban J connectivity index is 1.90. The van der Waals surface area contributed by atoms with Crippen LogP contribution in [0.4, 0.5) is 5.69 Å². The molecule has 0 bridgehead atoms. The maximum absolute atomic E-state index is 12.2. The molecule has 0 unspecified atom stereocenters. The topological polar surface area (TPSA) is 99.7 Å². The van der Waals surface area contributed by atoms with Crippen molar-refractivity contribution in [3.8, 4) is 5.75 Å². The number of rotatable bonds is 4. The zero-order valence-corrected chi connectivity index (χ0v) is 14.1. The quantitative estimate of drug-likeness (QED) is 0.231. The van der Waals surface area contributed by atoms with Gasteiger partial charge in [-0.3, -0.25) is 10.1 Å². The average Bonchev–Trinajstić information content (AvgIpc) is 2.60. The molecule has 3 rings (SSSR count). The SMILES string of the molecule is CC(C)c1cc(=O)oc2cc(OC(=O)c3ccc([N+](=O)[O-])cc3)ccc12. The second-order valence-electron chi connectivity index (χ2n) is 6.03. The van der Waals surface area contributed by atoms with Crippen LogP contribution in [0.15, 0.2) is 57.7 Å². The van der Waals surface area contributed by atoms with Gasteiger partial charge in [-0.25, -0.2) is 9.59 Å². The molecule has 0 N–H and O–H groups in total. The number of benzene rings is 2. The van der Waals surface area contributed by atoms with Crippen molar-refractivity contribution in [1.29, 1.82) is 0 Å². The average molecular weight is 353 g/mol. The summed E-state index contributed by atoms with van der Waals surface area (Å²) in [5, 5.41) is 11.4. The van der Waals surface area contributed by atoms with Crippen LogP contribution in [0, 0.1) is 10.1 Å². The van der Waals surface area contributed by atoms with Gasteiger partial charge in [0.05, 0.1) is 10.5 Å². The Morgan fingerprint density at radius 3 is 2.42 bits per heavy atom. The summed E-state index contributed by atoms with van der Waals surface area (Å²) in [5.41, 5.74) is 0.767. The van der Waals surface area contributed by atoms with Crippen LogP contribution < -0.4 is 10.4 Å². The lowest BCUT2D eigenvalue weighted by molar-refractivity contribution is -0.384. The highest BCUT2D eigenvalue weighted by molar-refractivity contribution is 5.92. The maximum Gasteiger partial charge on any atom is 0.343 e. The number of nitrogens with zero attached hydrogens (tertiary/aromatic N) is 1. The molecule has 0 saturated heterocycles. The smallest absolute Gasteiger partial charge is 0.343 e. The van der Waals surface area contributed by atoms with E-state index in [1.54, 1.807) is 12.1 Å². The Bertz CT molecular complexity index is 1050. The zero-order valence-electron chi connectivity index (χ0n) is 14.1. The van der Waals surface area contributed by atoms with Crippen molar-refractivity contribution >= 4 is 22.6 Å². The van der Waals surface area contributed by atoms with E-state index in [0.29, 0.717) is 5.58 Å². The number of ether oxygens (including phenoxy) is 1. The fraction of sp³-hybridized carbons (Fsp3) is 0.158. The third-order valence-electron chi connectivity index (χ3n) is 3.89. The van der Waals surface area contributed by atoms with Crippen molar-refractivity contribution in [2.45, 2.75) is 19.8 Å². The summed E-state index contributed by atoms with van der Waals surface area (Å²) < 4.78 is 10.5. The molecule has 2 aromatic carbocycles. The highest BCUT2D eigenvalue weighted by Gasteiger charge is 2.14. The number of non-ortho nitro benzene ring substituents is 1. The molecule has 7 heteroatoms. The Labute approximate surface area is 148 Å². The predicted octanol–water partition coefficient (Wildman–Crippen LogP) is 4.04. The largest absolute Gasteiger partial charge is 0.423 e. The Morgan fingerprint density at radius 2 is 1.81 bits per heavy atom. The Hall–Kier alpha value is -3.48. The summed E-state index contributed by atoms with van der Waals surface area (Å²) in [4.78, 5) is 34.0.